The number of rotatable bonds is 6. The number of methoxy groups -OCH3 is 1. The number of aryl methyl sites for hydroxylation is 2. The van der Waals surface area contributed by atoms with Crippen LogP contribution in [0.25, 0.3) is 6.08 Å². The molecule has 2 aromatic rings. The molecule has 1 amide bonds. The molecule has 0 aromatic heterocycles. The van der Waals surface area contributed by atoms with Gasteiger partial charge in [0.2, 0.25) is 5.91 Å². The molecular formula is C21H25NO3. The molecule has 0 radical (unpaired) electrons. The lowest BCUT2D eigenvalue weighted by Crippen LogP contribution is -2.09. The Morgan fingerprint density at radius 2 is 1.84 bits per heavy atom. The Bertz CT molecular complexity index is 779. The topological polar surface area (TPSA) is 47.6 Å². The first-order chi connectivity index (χ1) is 11.9. The van der Waals surface area contributed by atoms with E-state index in [4.69, 9.17) is 9.47 Å². The first-order valence-corrected chi connectivity index (χ1v) is 8.30. The molecule has 0 spiro atoms. The fourth-order valence-corrected chi connectivity index (χ4v) is 2.36. The van der Waals surface area contributed by atoms with Crippen molar-refractivity contribution < 1.29 is 14.3 Å². The molecule has 0 heterocycles. The lowest BCUT2D eigenvalue weighted by Gasteiger charge is -2.13. The number of carbonyl (C=O) groups excluding carboxylic acids is 1. The highest BCUT2D eigenvalue weighted by atomic mass is 16.5. The Morgan fingerprint density at radius 1 is 1.08 bits per heavy atom. The highest BCUT2D eigenvalue weighted by Gasteiger charge is 2.07. The van der Waals surface area contributed by atoms with Crippen molar-refractivity contribution in [3.8, 4) is 11.5 Å². The standard InChI is InChI=1S/C21H25NO3/c1-14(2)25-19-10-8-17(13-20(19)24-5)9-11-21(23)22-18-12-15(3)6-7-16(18)4/h6-14H,1-5H3,(H,22,23)/b11-9+. The van der Waals surface area contributed by atoms with Crippen LogP contribution in [0.4, 0.5) is 5.69 Å². The molecule has 0 saturated heterocycles. The van der Waals surface area contributed by atoms with E-state index in [2.05, 4.69) is 5.32 Å². The monoisotopic (exact) mass is 339 g/mol. The van der Waals surface area contributed by atoms with Gasteiger partial charge in [-0.3, -0.25) is 4.79 Å². The van der Waals surface area contributed by atoms with Gasteiger partial charge in [-0.25, -0.2) is 0 Å². The number of benzene rings is 2. The minimum atomic E-state index is -0.171. The average molecular weight is 339 g/mol. The second kappa shape index (κ2) is 8.38. The van der Waals surface area contributed by atoms with E-state index >= 15 is 0 Å². The van der Waals surface area contributed by atoms with Crippen LogP contribution in [0.5, 0.6) is 11.5 Å². The van der Waals surface area contributed by atoms with Gasteiger partial charge in [0.25, 0.3) is 0 Å². The van der Waals surface area contributed by atoms with Gasteiger partial charge in [-0.2, -0.15) is 0 Å². The molecule has 0 atom stereocenters. The Balaban J connectivity index is 2.10. The number of ether oxygens (including phenoxy) is 2. The molecule has 132 valence electrons. The number of hydrogen-bond acceptors (Lipinski definition) is 3. The highest BCUT2D eigenvalue weighted by molar-refractivity contribution is 6.02. The van der Waals surface area contributed by atoms with Crippen LogP contribution >= 0.6 is 0 Å². The summed E-state index contributed by atoms with van der Waals surface area (Å²) < 4.78 is 11.1. The molecule has 0 saturated carbocycles. The molecule has 0 aliphatic heterocycles. The van der Waals surface area contributed by atoms with Crippen molar-refractivity contribution in [2.45, 2.75) is 33.8 Å². The average Bonchev–Trinajstić information content (AvgIpc) is 2.56. The summed E-state index contributed by atoms with van der Waals surface area (Å²) in [5.41, 5.74) is 3.83. The SMILES string of the molecule is COc1cc(/C=C/C(=O)Nc2cc(C)ccc2C)ccc1OC(C)C. The molecule has 0 unspecified atom stereocenters. The largest absolute Gasteiger partial charge is 0.493 e. The third kappa shape index (κ3) is 5.38. The van der Waals surface area contributed by atoms with Crippen LogP contribution in [0.2, 0.25) is 0 Å². The summed E-state index contributed by atoms with van der Waals surface area (Å²) in [6.07, 6.45) is 3.33. The summed E-state index contributed by atoms with van der Waals surface area (Å²) in [6.45, 7) is 7.89. The third-order valence-electron chi connectivity index (χ3n) is 3.63. The second-order valence-electron chi connectivity index (χ2n) is 6.22. The minimum Gasteiger partial charge on any atom is -0.493 e. The summed E-state index contributed by atoms with van der Waals surface area (Å²) in [6, 6.07) is 11.6. The quantitative estimate of drug-likeness (QED) is 0.773. The maximum absolute atomic E-state index is 12.2. The first kappa shape index (κ1) is 18.6. The number of nitrogens with one attached hydrogen (secondary N) is 1. The Kier molecular flexibility index (Phi) is 6.23. The number of carbonyl (C=O) groups is 1. The molecule has 0 bridgehead atoms. The molecule has 2 rings (SSSR count). The third-order valence-corrected chi connectivity index (χ3v) is 3.63. The van der Waals surface area contributed by atoms with Gasteiger partial charge in [0, 0.05) is 11.8 Å². The van der Waals surface area contributed by atoms with Crippen molar-refractivity contribution in [3.05, 3.63) is 59.2 Å². The van der Waals surface area contributed by atoms with Crippen molar-refractivity contribution in [1.82, 2.24) is 0 Å². The Hall–Kier alpha value is -2.75. The van der Waals surface area contributed by atoms with Crippen LogP contribution in [-0.2, 0) is 4.79 Å². The van der Waals surface area contributed by atoms with Gasteiger partial charge in [0.05, 0.1) is 13.2 Å². The number of hydrogen-bond donors (Lipinski definition) is 1. The zero-order valence-corrected chi connectivity index (χ0v) is 15.4. The van der Waals surface area contributed by atoms with E-state index in [9.17, 15) is 4.79 Å². The lowest BCUT2D eigenvalue weighted by atomic mass is 10.1. The first-order valence-electron chi connectivity index (χ1n) is 8.30. The van der Waals surface area contributed by atoms with Gasteiger partial charge in [-0.15, -0.1) is 0 Å². The summed E-state index contributed by atoms with van der Waals surface area (Å²) in [4.78, 5) is 12.2. The predicted octanol–water partition coefficient (Wildman–Crippen LogP) is 4.75. The maximum atomic E-state index is 12.2. The van der Waals surface area contributed by atoms with Crippen molar-refractivity contribution in [3.63, 3.8) is 0 Å². The maximum Gasteiger partial charge on any atom is 0.248 e. The highest BCUT2D eigenvalue weighted by Crippen LogP contribution is 2.29. The molecule has 2 aromatic carbocycles. The summed E-state index contributed by atoms with van der Waals surface area (Å²) in [5, 5.41) is 2.91. The van der Waals surface area contributed by atoms with E-state index in [1.54, 1.807) is 13.2 Å². The Morgan fingerprint density at radius 3 is 2.52 bits per heavy atom. The van der Waals surface area contributed by atoms with Crippen LogP contribution in [0.15, 0.2) is 42.5 Å². The van der Waals surface area contributed by atoms with E-state index in [-0.39, 0.29) is 12.0 Å². The lowest BCUT2D eigenvalue weighted by molar-refractivity contribution is -0.111. The van der Waals surface area contributed by atoms with Gasteiger partial charge in [0.15, 0.2) is 11.5 Å². The van der Waals surface area contributed by atoms with Gasteiger partial charge in [-0.1, -0.05) is 18.2 Å². The van der Waals surface area contributed by atoms with E-state index < -0.39 is 0 Å². The molecule has 25 heavy (non-hydrogen) atoms. The summed E-state index contributed by atoms with van der Waals surface area (Å²) in [5.74, 6) is 1.16. The van der Waals surface area contributed by atoms with Crippen LogP contribution in [0.1, 0.15) is 30.5 Å². The fourth-order valence-electron chi connectivity index (χ4n) is 2.36. The molecule has 0 fully saturated rings. The van der Waals surface area contributed by atoms with Crippen molar-refractivity contribution in [1.29, 1.82) is 0 Å². The summed E-state index contributed by atoms with van der Waals surface area (Å²) in [7, 11) is 1.60. The summed E-state index contributed by atoms with van der Waals surface area (Å²) >= 11 is 0. The van der Waals surface area contributed by atoms with Crippen LogP contribution < -0.4 is 14.8 Å². The molecule has 4 nitrogen and oxygen atoms in total. The van der Waals surface area contributed by atoms with E-state index in [1.165, 1.54) is 6.08 Å². The van der Waals surface area contributed by atoms with Gasteiger partial charge < -0.3 is 14.8 Å². The van der Waals surface area contributed by atoms with Crippen molar-refractivity contribution in [2.75, 3.05) is 12.4 Å². The fraction of sp³-hybridized carbons (Fsp3) is 0.286. The smallest absolute Gasteiger partial charge is 0.248 e. The Labute approximate surface area is 149 Å². The van der Waals surface area contributed by atoms with Crippen LogP contribution in [-0.4, -0.2) is 19.1 Å². The van der Waals surface area contributed by atoms with Crippen molar-refractivity contribution in [2.24, 2.45) is 0 Å². The molecule has 0 aliphatic carbocycles. The van der Waals surface area contributed by atoms with Gasteiger partial charge >= 0.3 is 0 Å². The van der Waals surface area contributed by atoms with Crippen LogP contribution in [0.3, 0.4) is 0 Å². The van der Waals surface area contributed by atoms with E-state index in [0.29, 0.717) is 11.5 Å². The normalized spacial score (nSPS) is 11.0. The zero-order valence-electron chi connectivity index (χ0n) is 15.4. The second-order valence-corrected chi connectivity index (χ2v) is 6.22. The minimum absolute atomic E-state index is 0.0682. The molecular weight excluding hydrogens is 314 g/mol. The number of amides is 1. The van der Waals surface area contributed by atoms with Gasteiger partial charge in [-0.05, 0) is 68.7 Å². The van der Waals surface area contributed by atoms with Crippen LogP contribution in [0, 0.1) is 13.8 Å². The predicted molar refractivity (Wildman–Crippen MR) is 102 cm³/mol. The zero-order chi connectivity index (χ0) is 18.4. The molecule has 4 heteroatoms. The van der Waals surface area contributed by atoms with E-state index in [1.807, 2.05) is 64.1 Å². The molecule has 1 N–H and O–H groups in total. The molecule has 0 aliphatic rings. The van der Waals surface area contributed by atoms with Crippen molar-refractivity contribution >= 4 is 17.7 Å². The van der Waals surface area contributed by atoms with E-state index in [0.717, 1.165) is 22.4 Å². The number of anilines is 1. The van der Waals surface area contributed by atoms with Gasteiger partial charge in [0.1, 0.15) is 0 Å².